The Kier molecular flexibility index (Phi) is 3.99. The Morgan fingerprint density at radius 2 is 1.88 bits per heavy atom. The first-order chi connectivity index (χ1) is 12.2. The second kappa shape index (κ2) is 6.45. The molecule has 0 spiro atoms. The number of likely N-dealkylation sites (N-methyl/N-ethyl adjacent to an activating group) is 1. The average molecular weight is 334 g/mol. The lowest BCUT2D eigenvalue weighted by Gasteiger charge is -2.23. The van der Waals surface area contributed by atoms with E-state index in [1.807, 2.05) is 30.3 Å². The SMILES string of the molecule is CN1CCn2c(nnc2-c2cccc(NC(=O)c3ccccc3)n2)C1. The number of pyridine rings is 1. The van der Waals surface area contributed by atoms with E-state index in [1.54, 1.807) is 18.2 Å². The Balaban J connectivity index is 1.59. The molecule has 7 heteroatoms. The highest BCUT2D eigenvalue weighted by atomic mass is 16.1. The number of anilines is 1. The molecule has 0 radical (unpaired) electrons. The van der Waals surface area contributed by atoms with Crippen LogP contribution in [0.4, 0.5) is 5.82 Å². The van der Waals surface area contributed by atoms with Gasteiger partial charge in [0.2, 0.25) is 0 Å². The fourth-order valence-corrected chi connectivity index (χ4v) is 2.87. The van der Waals surface area contributed by atoms with Gasteiger partial charge >= 0.3 is 0 Å². The molecule has 1 aliphatic heterocycles. The molecule has 4 rings (SSSR count). The number of carbonyl (C=O) groups is 1. The largest absolute Gasteiger partial charge is 0.307 e. The van der Waals surface area contributed by atoms with Gasteiger partial charge in [-0.1, -0.05) is 24.3 Å². The van der Waals surface area contributed by atoms with Crippen LogP contribution >= 0.6 is 0 Å². The molecule has 3 heterocycles. The normalized spacial score (nSPS) is 14.1. The zero-order valence-corrected chi connectivity index (χ0v) is 13.9. The summed E-state index contributed by atoms with van der Waals surface area (Å²) in [4.78, 5) is 19.0. The van der Waals surface area contributed by atoms with Crippen molar-refractivity contribution in [2.45, 2.75) is 13.1 Å². The third-order valence-electron chi connectivity index (χ3n) is 4.20. The number of aromatic nitrogens is 4. The van der Waals surface area contributed by atoms with Crippen molar-refractivity contribution in [2.75, 3.05) is 18.9 Å². The first-order valence-corrected chi connectivity index (χ1v) is 8.15. The van der Waals surface area contributed by atoms with Gasteiger partial charge in [-0.05, 0) is 31.3 Å². The van der Waals surface area contributed by atoms with E-state index >= 15 is 0 Å². The zero-order valence-electron chi connectivity index (χ0n) is 13.9. The number of benzene rings is 1. The number of carbonyl (C=O) groups excluding carboxylic acids is 1. The summed E-state index contributed by atoms with van der Waals surface area (Å²) in [5.41, 5.74) is 1.30. The van der Waals surface area contributed by atoms with Gasteiger partial charge in [-0.2, -0.15) is 0 Å². The molecule has 1 N–H and O–H groups in total. The summed E-state index contributed by atoms with van der Waals surface area (Å²) in [6.45, 7) is 2.55. The molecule has 25 heavy (non-hydrogen) atoms. The zero-order chi connectivity index (χ0) is 17.2. The van der Waals surface area contributed by atoms with Crippen LogP contribution in [0.15, 0.2) is 48.5 Å². The van der Waals surface area contributed by atoms with Crippen molar-refractivity contribution in [3.63, 3.8) is 0 Å². The third kappa shape index (κ3) is 3.14. The third-order valence-corrected chi connectivity index (χ3v) is 4.20. The van der Waals surface area contributed by atoms with E-state index < -0.39 is 0 Å². The van der Waals surface area contributed by atoms with E-state index in [0.717, 1.165) is 31.3 Å². The number of hydrogen-bond donors (Lipinski definition) is 1. The van der Waals surface area contributed by atoms with Gasteiger partial charge in [-0.15, -0.1) is 10.2 Å². The molecule has 7 nitrogen and oxygen atoms in total. The van der Waals surface area contributed by atoms with Gasteiger partial charge in [0.25, 0.3) is 5.91 Å². The number of fused-ring (bicyclic) bond motifs is 1. The van der Waals surface area contributed by atoms with Crippen molar-refractivity contribution in [1.82, 2.24) is 24.6 Å². The van der Waals surface area contributed by atoms with Crippen LogP contribution in [-0.4, -0.2) is 44.1 Å². The molecule has 1 aromatic carbocycles. The van der Waals surface area contributed by atoms with E-state index in [1.165, 1.54) is 0 Å². The Morgan fingerprint density at radius 3 is 2.72 bits per heavy atom. The molecular weight excluding hydrogens is 316 g/mol. The fourth-order valence-electron chi connectivity index (χ4n) is 2.87. The van der Waals surface area contributed by atoms with Gasteiger partial charge < -0.3 is 9.88 Å². The van der Waals surface area contributed by atoms with Gasteiger partial charge in [-0.25, -0.2) is 4.98 Å². The second-order valence-electron chi connectivity index (χ2n) is 6.06. The monoisotopic (exact) mass is 334 g/mol. The van der Waals surface area contributed by atoms with E-state index in [-0.39, 0.29) is 5.91 Å². The maximum absolute atomic E-state index is 12.3. The lowest BCUT2D eigenvalue weighted by atomic mass is 10.2. The molecule has 2 aromatic heterocycles. The van der Waals surface area contributed by atoms with Crippen LogP contribution in [0, 0.1) is 0 Å². The first-order valence-electron chi connectivity index (χ1n) is 8.15. The van der Waals surface area contributed by atoms with Gasteiger partial charge in [0.15, 0.2) is 5.82 Å². The first kappa shape index (κ1) is 15.5. The molecule has 0 saturated heterocycles. The predicted octanol–water partition coefficient (Wildman–Crippen LogP) is 2.04. The Bertz CT molecular complexity index is 905. The van der Waals surface area contributed by atoms with Crippen molar-refractivity contribution in [3.05, 3.63) is 59.9 Å². The summed E-state index contributed by atoms with van der Waals surface area (Å²) in [5.74, 6) is 1.98. The summed E-state index contributed by atoms with van der Waals surface area (Å²) in [5, 5.41) is 11.4. The Labute approximate surface area is 145 Å². The van der Waals surface area contributed by atoms with Crippen LogP contribution in [0.3, 0.4) is 0 Å². The minimum atomic E-state index is -0.185. The Hall–Kier alpha value is -3.06. The van der Waals surface area contributed by atoms with Crippen LogP contribution in [-0.2, 0) is 13.1 Å². The van der Waals surface area contributed by atoms with Crippen molar-refractivity contribution >= 4 is 11.7 Å². The molecule has 0 aliphatic carbocycles. The van der Waals surface area contributed by atoms with Crippen molar-refractivity contribution in [2.24, 2.45) is 0 Å². The van der Waals surface area contributed by atoms with Crippen LogP contribution in [0.25, 0.3) is 11.5 Å². The quantitative estimate of drug-likeness (QED) is 0.793. The Morgan fingerprint density at radius 1 is 1.04 bits per heavy atom. The summed E-state index contributed by atoms with van der Waals surface area (Å²) in [6, 6.07) is 14.6. The molecule has 0 unspecified atom stereocenters. The van der Waals surface area contributed by atoms with Crippen LogP contribution in [0.5, 0.6) is 0 Å². The molecule has 0 saturated carbocycles. The lowest BCUT2D eigenvalue weighted by molar-refractivity contribution is 0.102. The number of rotatable bonds is 3. The van der Waals surface area contributed by atoms with Gasteiger partial charge in [0.1, 0.15) is 17.3 Å². The molecule has 1 amide bonds. The molecule has 0 atom stereocenters. The van der Waals surface area contributed by atoms with E-state index in [0.29, 0.717) is 17.1 Å². The van der Waals surface area contributed by atoms with Crippen LogP contribution < -0.4 is 5.32 Å². The summed E-state index contributed by atoms with van der Waals surface area (Å²) in [7, 11) is 2.07. The minimum Gasteiger partial charge on any atom is -0.307 e. The fraction of sp³-hybridized carbons (Fsp3) is 0.222. The number of amides is 1. The second-order valence-corrected chi connectivity index (χ2v) is 6.06. The molecule has 1 aliphatic rings. The number of hydrogen-bond acceptors (Lipinski definition) is 5. The number of nitrogens with one attached hydrogen (secondary N) is 1. The van der Waals surface area contributed by atoms with E-state index in [2.05, 4.69) is 37.0 Å². The smallest absolute Gasteiger partial charge is 0.256 e. The predicted molar refractivity (Wildman–Crippen MR) is 94.0 cm³/mol. The highest BCUT2D eigenvalue weighted by Gasteiger charge is 2.20. The maximum atomic E-state index is 12.3. The average Bonchev–Trinajstić information content (AvgIpc) is 3.05. The lowest BCUT2D eigenvalue weighted by Crippen LogP contribution is -2.30. The molecule has 0 bridgehead atoms. The van der Waals surface area contributed by atoms with Crippen molar-refractivity contribution < 1.29 is 4.79 Å². The number of nitrogens with zero attached hydrogens (tertiary/aromatic N) is 5. The van der Waals surface area contributed by atoms with Crippen molar-refractivity contribution in [1.29, 1.82) is 0 Å². The minimum absolute atomic E-state index is 0.185. The molecule has 126 valence electrons. The highest BCUT2D eigenvalue weighted by Crippen LogP contribution is 2.21. The van der Waals surface area contributed by atoms with Gasteiger partial charge in [0, 0.05) is 18.7 Å². The van der Waals surface area contributed by atoms with Gasteiger partial charge in [-0.3, -0.25) is 9.69 Å². The summed E-state index contributed by atoms with van der Waals surface area (Å²) < 4.78 is 2.09. The summed E-state index contributed by atoms with van der Waals surface area (Å²) >= 11 is 0. The van der Waals surface area contributed by atoms with Crippen LogP contribution in [0.1, 0.15) is 16.2 Å². The molecular formula is C18H18N6O. The standard InChI is InChI=1S/C18H18N6O/c1-23-10-11-24-16(12-23)21-22-17(24)14-8-5-9-15(19-14)20-18(25)13-6-3-2-4-7-13/h2-9H,10-12H2,1H3,(H,19,20,25). The highest BCUT2D eigenvalue weighted by molar-refractivity contribution is 6.03. The van der Waals surface area contributed by atoms with Crippen molar-refractivity contribution in [3.8, 4) is 11.5 Å². The van der Waals surface area contributed by atoms with Crippen LogP contribution in [0.2, 0.25) is 0 Å². The van der Waals surface area contributed by atoms with E-state index in [9.17, 15) is 4.79 Å². The molecule has 3 aromatic rings. The van der Waals surface area contributed by atoms with Gasteiger partial charge in [0.05, 0.1) is 6.54 Å². The topological polar surface area (TPSA) is 75.9 Å². The molecule has 0 fully saturated rings. The maximum Gasteiger partial charge on any atom is 0.256 e. The summed E-state index contributed by atoms with van der Waals surface area (Å²) in [6.07, 6.45) is 0. The van der Waals surface area contributed by atoms with E-state index in [4.69, 9.17) is 0 Å².